The number of benzene rings is 1. The van der Waals surface area contributed by atoms with Crippen molar-refractivity contribution in [2.45, 2.75) is 32.1 Å². The van der Waals surface area contributed by atoms with Crippen molar-refractivity contribution in [2.75, 3.05) is 11.9 Å². The van der Waals surface area contributed by atoms with E-state index in [1.807, 2.05) is 0 Å². The van der Waals surface area contributed by atoms with Gasteiger partial charge in [-0.3, -0.25) is 0 Å². The van der Waals surface area contributed by atoms with E-state index in [4.69, 9.17) is 0 Å². The summed E-state index contributed by atoms with van der Waals surface area (Å²) < 4.78 is 0. The van der Waals surface area contributed by atoms with Gasteiger partial charge in [0.2, 0.25) is 5.13 Å². The molecule has 1 saturated carbocycles. The lowest BCUT2D eigenvalue weighted by molar-refractivity contribution is 0.718. The van der Waals surface area contributed by atoms with Gasteiger partial charge in [0.05, 0.1) is 0 Å². The highest BCUT2D eigenvalue weighted by molar-refractivity contribution is 7.15. The topological polar surface area (TPSA) is 37.8 Å². The Kier molecular flexibility index (Phi) is 2.81. The molecule has 4 heteroatoms. The molecule has 4 rings (SSSR count). The molecule has 1 aromatic heterocycles. The Morgan fingerprint density at radius 1 is 1.30 bits per heavy atom. The maximum absolute atomic E-state index is 4.23. The van der Waals surface area contributed by atoms with Gasteiger partial charge in [0.15, 0.2) is 0 Å². The number of fused-ring (bicyclic) bond motifs is 3. The Labute approximate surface area is 123 Å². The maximum atomic E-state index is 4.23. The molecule has 104 valence electrons. The number of rotatable bonds is 4. The van der Waals surface area contributed by atoms with Crippen LogP contribution in [0.4, 0.5) is 5.13 Å². The summed E-state index contributed by atoms with van der Waals surface area (Å²) in [6.07, 6.45) is 1.26. The monoisotopic (exact) mass is 285 g/mol. The predicted molar refractivity (Wildman–Crippen MR) is 82.4 cm³/mol. The van der Waals surface area contributed by atoms with Crippen LogP contribution in [-0.4, -0.2) is 16.7 Å². The fraction of sp³-hybridized carbons (Fsp3) is 0.500. The van der Waals surface area contributed by atoms with Crippen molar-refractivity contribution < 1.29 is 0 Å². The van der Waals surface area contributed by atoms with Crippen LogP contribution in [0.5, 0.6) is 0 Å². The molecule has 0 aliphatic heterocycles. The molecule has 1 fully saturated rings. The highest BCUT2D eigenvalue weighted by atomic mass is 32.1. The molecule has 20 heavy (non-hydrogen) atoms. The standard InChI is InChI=1S/C16H19N3S/c1-9(2)15-18-19-16(20-15)17-8-13-12-7-10-5-3-4-6-11(10)14(12)13/h3-6,9,12-14H,7-8H2,1-2H3,(H,17,19). The van der Waals surface area contributed by atoms with Crippen LogP contribution in [0.1, 0.15) is 41.8 Å². The number of aromatic nitrogens is 2. The fourth-order valence-electron chi connectivity index (χ4n) is 3.51. The van der Waals surface area contributed by atoms with Gasteiger partial charge in [0, 0.05) is 12.5 Å². The molecule has 1 aromatic carbocycles. The molecule has 2 aliphatic rings. The average Bonchev–Trinajstić information content (AvgIpc) is 2.83. The van der Waals surface area contributed by atoms with Crippen molar-refractivity contribution in [3.05, 3.63) is 40.4 Å². The predicted octanol–water partition coefficient (Wildman–Crippen LogP) is 3.66. The summed E-state index contributed by atoms with van der Waals surface area (Å²) in [5.74, 6) is 2.90. The first-order valence-corrected chi connectivity index (χ1v) is 8.20. The molecule has 0 saturated heterocycles. The van der Waals surface area contributed by atoms with Gasteiger partial charge in [0.25, 0.3) is 0 Å². The molecule has 0 radical (unpaired) electrons. The van der Waals surface area contributed by atoms with Crippen LogP contribution in [0, 0.1) is 11.8 Å². The van der Waals surface area contributed by atoms with Crippen molar-refractivity contribution in [1.29, 1.82) is 0 Å². The van der Waals surface area contributed by atoms with Gasteiger partial charge in [-0.15, -0.1) is 10.2 Å². The lowest BCUT2D eigenvalue weighted by Crippen LogP contribution is -2.07. The van der Waals surface area contributed by atoms with Gasteiger partial charge in [-0.1, -0.05) is 49.4 Å². The molecule has 0 spiro atoms. The number of hydrogen-bond donors (Lipinski definition) is 1. The van der Waals surface area contributed by atoms with Gasteiger partial charge in [0.1, 0.15) is 5.01 Å². The molecule has 3 unspecified atom stereocenters. The Morgan fingerprint density at radius 3 is 2.95 bits per heavy atom. The molecule has 3 nitrogen and oxygen atoms in total. The average molecular weight is 285 g/mol. The van der Waals surface area contributed by atoms with E-state index >= 15 is 0 Å². The summed E-state index contributed by atoms with van der Waals surface area (Å²) in [5, 5.41) is 14.0. The highest BCUT2D eigenvalue weighted by Gasteiger charge is 2.54. The summed E-state index contributed by atoms with van der Waals surface area (Å²) in [7, 11) is 0. The second-order valence-electron chi connectivity index (χ2n) is 6.24. The van der Waals surface area contributed by atoms with Crippen LogP contribution < -0.4 is 5.32 Å². The minimum atomic E-state index is 0.468. The third-order valence-corrected chi connectivity index (χ3v) is 5.81. The third kappa shape index (κ3) is 1.94. The number of nitrogens with zero attached hydrogens (tertiary/aromatic N) is 2. The maximum Gasteiger partial charge on any atom is 0.205 e. The molecule has 0 amide bonds. The van der Waals surface area contributed by atoms with Crippen LogP contribution in [0.3, 0.4) is 0 Å². The van der Waals surface area contributed by atoms with Crippen molar-refractivity contribution in [3.8, 4) is 0 Å². The van der Waals surface area contributed by atoms with E-state index < -0.39 is 0 Å². The van der Waals surface area contributed by atoms with Crippen LogP contribution in [0.15, 0.2) is 24.3 Å². The van der Waals surface area contributed by atoms with E-state index in [1.54, 1.807) is 22.5 Å². The first-order chi connectivity index (χ1) is 9.74. The molecular formula is C16H19N3S. The van der Waals surface area contributed by atoms with Gasteiger partial charge in [-0.2, -0.15) is 0 Å². The lowest BCUT2D eigenvalue weighted by Gasteiger charge is -2.07. The first kappa shape index (κ1) is 12.3. The van der Waals surface area contributed by atoms with E-state index in [9.17, 15) is 0 Å². The highest BCUT2D eigenvalue weighted by Crippen LogP contribution is 2.61. The summed E-state index contributed by atoms with van der Waals surface area (Å²) in [6.45, 7) is 5.36. The van der Waals surface area contributed by atoms with Crippen LogP contribution in [0.25, 0.3) is 0 Å². The van der Waals surface area contributed by atoms with Crippen LogP contribution in [0.2, 0.25) is 0 Å². The van der Waals surface area contributed by atoms with Crippen molar-refractivity contribution in [2.24, 2.45) is 11.8 Å². The minimum Gasteiger partial charge on any atom is -0.360 e. The van der Waals surface area contributed by atoms with Crippen molar-refractivity contribution in [1.82, 2.24) is 10.2 Å². The second-order valence-corrected chi connectivity index (χ2v) is 7.25. The summed E-state index contributed by atoms with van der Waals surface area (Å²) >= 11 is 1.69. The summed E-state index contributed by atoms with van der Waals surface area (Å²) in [5.41, 5.74) is 3.15. The van der Waals surface area contributed by atoms with Gasteiger partial charge in [-0.05, 0) is 35.3 Å². The Bertz CT molecular complexity index is 634. The second kappa shape index (κ2) is 4.55. The molecular weight excluding hydrogens is 266 g/mol. The molecule has 2 aliphatic carbocycles. The summed E-state index contributed by atoms with van der Waals surface area (Å²) in [4.78, 5) is 0. The smallest absolute Gasteiger partial charge is 0.205 e. The van der Waals surface area contributed by atoms with Crippen LogP contribution >= 0.6 is 11.3 Å². The largest absolute Gasteiger partial charge is 0.360 e. The van der Waals surface area contributed by atoms with E-state index in [-0.39, 0.29) is 0 Å². The normalized spacial score (nSPS) is 26.4. The molecule has 2 aromatic rings. The fourth-order valence-corrected chi connectivity index (χ4v) is 4.26. The zero-order valence-electron chi connectivity index (χ0n) is 11.8. The first-order valence-electron chi connectivity index (χ1n) is 7.39. The molecule has 1 N–H and O–H groups in total. The van der Waals surface area contributed by atoms with E-state index in [2.05, 4.69) is 53.6 Å². The van der Waals surface area contributed by atoms with Crippen molar-refractivity contribution in [3.63, 3.8) is 0 Å². The SMILES string of the molecule is CC(C)c1nnc(NCC2C3Cc4ccccc4C23)s1. The van der Waals surface area contributed by atoms with E-state index in [1.165, 1.54) is 6.42 Å². The van der Waals surface area contributed by atoms with E-state index in [0.717, 1.165) is 34.4 Å². The lowest BCUT2D eigenvalue weighted by atomic mass is 10.0. The van der Waals surface area contributed by atoms with Gasteiger partial charge >= 0.3 is 0 Å². The van der Waals surface area contributed by atoms with Crippen LogP contribution in [-0.2, 0) is 6.42 Å². The number of nitrogens with one attached hydrogen (secondary N) is 1. The Balaban J connectivity index is 1.39. The minimum absolute atomic E-state index is 0.468. The quantitative estimate of drug-likeness (QED) is 0.931. The van der Waals surface area contributed by atoms with Gasteiger partial charge in [-0.25, -0.2) is 0 Å². The third-order valence-electron chi connectivity index (χ3n) is 4.62. The molecule has 0 bridgehead atoms. The van der Waals surface area contributed by atoms with Gasteiger partial charge < -0.3 is 5.32 Å². The van der Waals surface area contributed by atoms with E-state index in [0.29, 0.717) is 5.92 Å². The zero-order chi connectivity index (χ0) is 13.7. The number of anilines is 1. The number of hydrogen-bond acceptors (Lipinski definition) is 4. The Hall–Kier alpha value is -1.42. The molecule has 3 atom stereocenters. The van der Waals surface area contributed by atoms with Crippen molar-refractivity contribution >= 4 is 16.5 Å². The molecule has 1 heterocycles. The Morgan fingerprint density at radius 2 is 2.15 bits per heavy atom. The zero-order valence-corrected chi connectivity index (χ0v) is 12.7. The summed E-state index contributed by atoms with van der Waals surface area (Å²) in [6, 6.07) is 8.92.